The number of para-hydroxylation sites is 1. The quantitative estimate of drug-likeness (QED) is 0.174. The molecular formula is C67H66BN2O. The van der Waals surface area contributed by atoms with Gasteiger partial charge in [0.25, 0.3) is 0 Å². The number of rotatable bonds is 5. The van der Waals surface area contributed by atoms with E-state index in [2.05, 4.69) is 252 Å². The first-order valence-electron chi connectivity index (χ1n) is 25.9. The van der Waals surface area contributed by atoms with Crippen molar-refractivity contribution in [2.45, 2.75) is 123 Å². The second-order valence-electron chi connectivity index (χ2n) is 24.8. The van der Waals surface area contributed by atoms with E-state index in [0.717, 1.165) is 61.3 Å². The minimum absolute atomic E-state index is 0.0257. The van der Waals surface area contributed by atoms with Gasteiger partial charge >= 0.3 is 0 Å². The van der Waals surface area contributed by atoms with Gasteiger partial charge in [0.2, 0.25) is 0 Å². The van der Waals surface area contributed by atoms with E-state index in [1.54, 1.807) is 0 Å². The molecule has 9 aromatic rings. The van der Waals surface area contributed by atoms with Crippen LogP contribution in [-0.4, -0.2) is 7.28 Å². The van der Waals surface area contributed by atoms with Gasteiger partial charge in [0.1, 0.15) is 11.2 Å². The van der Waals surface area contributed by atoms with E-state index < -0.39 is 0 Å². The number of hydrogen-bond donors (Lipinski definition) is 1. The fraction of sp³-hybridized carbons (Fsp3) is 0.284. The second kappa shape index (κ2) is 15.6. The number of hydrogen-bond acceptors (Lipinski definition) is 3. The number of anilines is 5. The molecule has 0 fully saturated rings. The first-order chi connectivity index (χ1) is 33.7. The van der Waals surface area contributed by atoms with Crippen molar-refractivity contribution in [3.05, 3.63) is 185 Å². The van der Waals surface area contributed by atoms with Crippen LogP contribution in [-0.2, 0) is 27.1 Å². The standard InChI is InChI=1S/C67H66BN2O/c1-63(2,3)42-24-29-45(30-25-42)70-57-31-26-43(64(4,5)6)34-55(57)68-61-58(70)37-49-46-20-16-17-21-59(46)71-62(49)60(61)50-35-47-48-36-53-54(66(9,10)33-32-65(53,7)8)38-51(48)67(11,12)52(47)39-56(50)69-44-27-22-41(23-28-44)40-18-14-13-15-19-40/h13-31,34-39,69H,32-33H2,1-12H3. The second-order valence-corrected chi connectivity index (χ2v) is 24.8. The molecule has 0 saturated carbocycles. The highest BCUT2D eigenvalue weighted by Crippen LogP contribution is 2.57. The Morgan fingerprint density at radius 2 is 1.13 bits per heavy atom. The fourth-order valence-electron chi connectivity index (χ4n) is 12.2. The van der Waals surface area contributed by atoms with Crippen molar-refractivity contribution in [3.63, 3.8) is 0 Å². The molecule has 8 aromatic carbocycles. The zero-order valence-electron chi connectivity index (χ0n) is 43.8. The highest BCUT2D eigenvalue weighted by Gasteiger charge is 2.43. The molecule has 3 aliphatic rings. The zero-order chi connectivity index (χ0) is 49.6. The van der Waals surface area contributed by atoms with Crippen LogP contribution in [0.25, 0.3) is 55.3 Å². The van der Waals surface area contributed by atoms with Gasteiger partial charge in [0.15, 0.2) is 7.28 Å². The molecular weight excluding hydrogens is 860 g/mol. The Balaban J connectivity index is 1.16. The van der Waals surface area contributed by atoms with Gasteiger partial charge in [-0.2, -0.15) is 0 Å². The molecule has 0 amide bonds. The SMILES string of the molecule is CC(C)(C)c1ccc(N2c3ccc(C(C)(C)C)cc3[B]c3c2cc2c(oc4ccccc42)c3-c2cc3c(cc2Nc2ccc(-c4ccccc4)cc2)C(C)(C)c2cc4c(cc2-3)C(C)(C)CCC4(C)C)cc1. The molecule has 353 valence electrons. The third-order valence-corrected chi connectivity index (χ3v) is 16.7. The normalized spacial score (nSPS) is 16.2. The van der Waals surface area contributed by atoms with Crippen LogP contribution in [0.5, 0.6) is 0 Å². The molecule has 1 N–H and O–H groups in total. The molecule has 71 heavy (non-hydrogen) atoms. The molecule has 0 spiro atoms. The van der Waals surface area contributed by atoms with Crippen LogP contribution >= 0.6 is 0 Å². The summed E-state index contributed by atoms with van der Waals surface area (Å²) in [5, 5.41) is 6.29. The minimum Gasteiger partial charge on any atom is -0.455 e. The third-order valence-electron chi connectivity index (χ3n) is 16.7. The third kappa shape index (κ3) is 7.30. The maximum Gasteiger partial charge on any atom is 0.198 e. The van der Waals surface area contributed by atoms with E-state index in [0.29, 0.717) is 0 Å². The Labute approximate surface area is 422 Å². The van der Waals surface area contributed by atoms with Crippen molar-refractivity contribution in [1.82, 2.24) is 0 Å². The summed E-state index contributed by atoms with van der Waals surface area (Å²) in [6.45, 7) is 28.5. The van der Waals surface area contributed by atoms with E-state index in [1.807, 2.05) is 0 Å². The summed E-state index contributed by atoms with van der Waals surface area (Å²) in [5.41, 5.74) is 25.2. The molecule has 4 heteroatoms. The maximum atomic E-state index is 7.22. The van der Waals surface area contributed by atoms with Crippen molar-refractivity contribution in [3.8, 4) is 33.4 Å². The average Bonchev–Trinajstić information content (AvgIpc) is 3.81. The number of fused-ring (bicyclic) bond motifs is 9. The van der Waals surface area contributed by atoms with Gasteiger partial charge in [0, 0.05) is 55.8 Å². The molecule has 0 bridgehead atoms. The van der Waals surface area contributed by atoms with Crippen LogP contribution in [0.1, 0.15) is 129 Å². The van der Waals surface area contributed by atoms with E-state index in [-0.39, 0.29) is 27.1 Å². The van der Waals surface area contributed by atoms with Crippen LogP contribution in [0, 0.1) is 0 Å². The maximum absolute atomic E-state index is 7.22. The highest BCUT2D eigenvalue weighted by molar-refractivity contribution is 6.73. The van der Waals surface area contributed by atoms with Crippen LogP contribution in [0.4, 0.5) is 28.4 Å². The predicted molar refractivity (Wildman–Crippen MR) is 304 cm³/mol. The monoisotopic (exact) mass is 926 g/mol. The highest BCUT2D eigenvalue weighted by atomic mass is 16.3. The van der Waals surface area contributed by atoms with Crippen molar-refractivity contribution in [2.75, 3.05) is 10.2 Å². The predicted octanol–water partition coefficient (Wildman–Crippen LogP) is 17.4. The largest absolute Gasteiger partial charge is 0.455 e. The topological polar surface area (TPSA) is 28.4 Å². The molecule has 0 atom stereocenters. The van der Waals surface area contributed by atoms with Gasteiger partial charge in [-0.25, -0.2) is 0 Å². The molecule has 3 nitrogen and oxygen atoms in total. The minimum atomic E-state index is -0.237. The lowest BCUT2D eigenvalue weighted by atomic mass is 9.57. The van der Waals surface area contributed by atoms with Crippen molar-refractivity contribution < 1.29 is 4.42 Å². The number of nitrogens with zero attached hydrogens (tertiary/aromatic N) is 1. The molecule has 12 rings (SSSR count). The molecule has 0 unspecified atom stereocenters. The molecule has 1 aromatic heterocycles. The Bertz CT molecular complexity index is 3610. The zero-order valence-corrected chi connectivity index (χ0v) is 43.8. The van der Waals surface area contributed by atoms with Gasteiger partial charge in [-0.1, -0.05) is 180 Å². The Morgan fingerprint density at radius 1 is 0.521 bits per heavy atom. The lowest BCUT2D eigenvalue weighted by molar-refractivity contribution is 0.331. The van der Waals surface area contributed by atoms with Crippen molar-refractivity contribution in [2.24, 2.45) is 0 Å². The Hall–Kier alpha value is -6.78. The van der Waals surface area contributed by atoms with Gasteiger partial charge < -0.3 is 14.6 Å². The Kier molecular flexibility index (Phi) is 9.98. The number of furan rings is 1. The number of nitrogens with one attached hydrogen (secondary N) is 1. The first-order valence-corrected chi connectivity index (χ1v) is 25.9. The summed E-state index contributed by atoms with van der Waals surface area (Å²) < 4.78 is 7.22. The van der Waals surface area contributed by atoms with Crippen molar-refractivity contribution >= 4 is 68.6 Å². The van der Waals surface area contributed by atoms with Crippen LogP contribution in [0.3, 0.4) is 0 Å². The molecule has 2 aliphatic carbocycles. The molecule has 1 aliphatic heterocycles. The van der Waals surface area contributed by atoms with Gasteiger partial charge in [-0.3, -0.25) is 0 Å². The summed E-state index contributed by atoms with van der Waals surface area (Å²) in [4.78, 5) is 2.51. The van der Waals surface area contributed by atoms with Gasteiger partial charge in [0.05, 0.1) is 0 Å². The average molecular weight is 926 g/mol. The Morgan fingerprint density at radius 3 is 1.82 bits per heavy atom. The van der Waals surface area contributed by atoms with Crippen LogP contribution in [0.15, 0.2) is 156 Å². The molecule has 0 saturated heterocycles. The first kappa shape index (κ1) is 45.4. The molecule has 2 heterocycles. The lowest BCUT2D eigenvalue weighted by Gasteiger charge is -2.42. The fourth-order valence-corrected chi connectivity index (χ4v) is 12.2. The summed E-state index contributed by atoms with van der Waals surface area (Å²) in [5.74, 6) is 0. The lowest BCUT2D eigenvalue weighted by Crippen LogP contribution is -2.41. The summed E-state index contributed by atoms with van der Waals surface area (Å²) in [6.07, 6.45) is 2.35. The summed E-state index contributed by atoms with van der Waals surface area (Å²) >= 11 is 0. The van der Waals surface area contributed by atoms with Crippen LogP contribution < -0.4 is 21.1 Å². The molecule has 1 radical (unpaired) electrons. The van der Waals surface area contributed by atoms with Gasteiger partial charge in [-0.15, -0.1) is 0 Å². The van der Waals surface area contributed by atoms with Gasteiger partial charge in [-0.05, 0) is 156 Å². The summed E-state index contributed by atoms with van der Waals surface area (Å²) in [6, 6.07) is 57.1. The summed E-state index contributed by atoms with van der Waals surface area (Å²) in [7, 11) is 2.45. The van der Waals surface area contributed by atoms with E-state index >= 15 is 0 Å². The smallest absolute Gasteiger partial charge is 0.198 e. The van der Waals surface area contributed by atoms with E-state index in [4.69, 9.17) is 4.42 Å². The van der Waals surface area contributed by atoms with Crippen LogP contribution in [0.2, 0.25) is 0 Å². The van der Waals surface area contributed by atoms with Crippen molar-refractivity contribution in [1.29, 1.82) is 0 Å². The van der Waals surface area contributed by atoms with E-state index in [9.17, 15) is 0 Å². The number of benzene rings is 8. The van der Waals surface area contributed by atoms with E-state index in [1.165, 1.54) is 79.6 Å².